The van der Waals surface area contributed by atoms with E-state index in [1.54, 1.807) is 6.92 Å². The third-order valence-electron chi connectivity index (χ3n) is 2.17. The van der Waals surface area contributed by atoms with E-state index in [0.717, 1.165) is 0 Å². The Hall–Kier alpha value is -1.84. The Morgan fingerprint density at radius 3 is 2.64 bits per heavy atom. The summed E-state index contributed by atoms with van der Waals surface area (Å²) >= 11 is 0. The van der Waals surface area contributed by atoms with Gasteiger partial charge in [0.2, 0.25) is 5.78 Å². The molecule has 0 amide bonds. The molecule has 1 aliphatic rings. The number of rotatable bonds is 1. The maximum absolute atomic E-state index is 11.5. The Labute approximate surface area is 80.2 Å². The summed E-state index contributed by atoms with van der Waals surface area (Å²) < 4.78 is 9.84. The summed E-state index contributed by atoms with van der Waals surface area (Å²) in [5.74, 6) is -0.664. The number of ether oxygens (including phenoxy) is 1. The van der Waals surface area contributed by atoms with E-state index in [1.807, 2.05) is 0 Å². The molecule has 4 nitrogen and oxygen atoms in total. The molecule has 0 aliphatic heterocycles. The van der Waals surface area contributed by atoms with Crippen LogP contribution in [0.15, 0.2) is 16.4 Å². The molecule has 2 rings (SSSR count). The average Bonchev–Trinajstić information content (AvgIpc) is 2.54. The van der Waals surface area contributed by atoms with Gasteiger partial charge in [-0.25, -0.2) is 0 Å². The number of allylic oxidation sites excluding steroid dienone is 1. The van der Waals surface area contributed by atoms with Gasteiger partial charge in [0.1, 0.15) is 5.76 Å². The number of fused-ring (bicyclic) bond motifs is 1. The third-order valence-corrected chi connectivity index (χ3v) is 2.17. The monoisotopic (exact) mass is 192 g/mol. The van der Waals surface area contributed by atoms with Gasteiger partial charge in [0.15, 0.2) is 5.76 Å². The highest BCUT2D eigenvalue weighted by Crippen LogP contribution is 2.26. The molecule has 1 aliphatic carbocycles. The van der Waals surface area contributed by atoms with Gasteiger partial charge < -0.3 is 9.15 Å². The van der Waals surface area contributed by atoms with Crippen LogP contribution in [0, 0.1) is 6.92 Å². The van der Waals surface area contributed by atoms with Gasteiger partial charge in [-0.3, -0.25) is 9.59 Å². The van der Waals surface area contributed by atoms with Gasteiger partial charge in [0.05, 0.1) is 18.9 Å². The molecule has 0 spiro atoms. The molecule has 4 heteroatoms. The summed E-state index contributed by atoms with van der Waals surface area (Å²) in [4.78, 5) is 22.9. The Kier molecular flexibility index (Phi) is 1.77. The van der Waals surface area contributed by atoms with Crippen LogP contribution in [0.25, 0.3) is 6.08 Å². The van der Waals surface area contributed by atoms with Gasteiger partial charge in [-0.2, -0.15) is 0 Å². The standard InChI is InChI=1S/C10H8O4/c1-5-8-6(4-14-5)3-7(13-2)9(11)10(8)12/h3-4H,1-2H3. The second kappa shape index (κ2) is 2.83. The molecule has 72 valence electrons. The number of aryl methyl sites for hydroxylation is 1. The van der Waals surface area contributed by atoms with Crippen LogP contribution in [0.2, 0.25) is 0 Å². The predicted octanol–water partition coefficient (Wildman–Crippen LogP) is 1.34. The van der Waals surface area contributed by atoms with Crippen molar-refractivity contribution in [2.45, 2.75) is 6.92 Å². The van der Waals surface area contributed by atoms with Crippen LogP contribution >= 0.6 is 0 Å². The Bertz CT molecular complexity index is 451. The second-order valence-electron chi connectivity index (χ2n) is 2.99. The summed E-state index contributed by atoms with van der Waals surface area (Å²) in [7, 11) is 1.36. The zero-order valence-corrected chi connectivity index (χ0v) is 7.79. The molecule has 14 heavy (non-hydrogen) atoms. The highest BCUT2D eigenvalue weighted by molar-refractivity contribution is 6.51. The molecule has 0 saturated carbocycles. The first kappa shape index (κ1) is 8.74. The molecule has 1 aromatic rings. The van der Waals surface area contributed by atoms with Crippen molar-refractivity contribution in [3.05, 3.63) is 28.9 Å². The Morgan fingerprint density at radius 2 is 2.00 bits per heavy atom. The van der Waals surface area contributed by atoms with E-state index >= 15 is 0 Å². The van der Waals surface area contributed by atoms with Gasteiger partial charge in [0, 0.05) is 5.56 Å². The number of hydrogen-bond donors (Lipinski definition) is 0. The van der Waals surface area contributed by atoms with E-state index < -0.39 is 11.6 Å². The number of carbonyl (C=O) groups is 2. The summed E-state index contributed by atoms with van der Waals surface area (Å²) in [6.07, 6.45) is 2.95. The van der Waals surface area contributed by atoms with Gasteiger partial charge in [0.25, 0.3) is 5.78 Å². The van der Waals surface area contributed by atoms with E-state index in [0.29, 0.717) is 16.9 Å². The van der Waals surface area contributed by atoms with Crippen molar-refractivity contribution < 1.29 is 18.7 Å². The van der Waals surface area contributed by atoms with E-state index in [4.69, 9.17) is 9.15 Å². The van der Waals surface area contributed by atoms with Gasteiger partial charge in [-0.1, -0.05) is 0 Å². The van der Waals surface area contributed by atoms with Gasteiger partial charge >= 0.3 is 0 Å². The molecule has 1 aromatic heterocycles. The van der Waals surface area contributed by atoms with E-state index in [1.165, 1.54) is 19.4 Å². The van der Waals surface area contributed by atoms with E-state index in [-0.39, 0.29) is 5.76 Å². The third kappa shape index (κ3) is 1.00. The lowest BCUT2D eigenvalue weighted by Crippen LogP contribution is -2.21. The van der Waals surface area contributed by atoms with Crippen LogP contribution in [-0.4, -0.2) is 18.7 Å². The molecular weight excluding hydrogens is 184 g/mol. The number of hydrogen-bond acceptors (Lipinski definition) is 4. The van der Waals surface area contributed by atoms with Gasteiger partial charge in [-0.05, 0) is 13.0 Å². The summed E-state index contributed by atoms with van der Waals surface area (Å²) in [5, 5.41) is 0. The minimum atomic E-state index is -0.621. The molecule has 0 aromatic carbocycles. The second-order valence-corrected chi connectivity index (χ2v) is 2.99. The molecule has 0 fully saturated rings. The van der Waals surface area contributed by atoms with Crippen LogP contribution < -0.4 is 0 Å². The van der Waals surface area contributed by atoms with Gasteiger partial charge in [-0.15, -0.1) is 0 Å². The van der Waals surface area contributed by atoms with Crippen molar-refractivity contribution in [1.82, 2.24) is 0 Å². The largest absolute Gasteiger partial charge is 0.492 e. The van der Waals surface area contributed by atoms with E-state index in [9.17, 15) is 9.59 Å². The number of Topliss-reactive ketones (excluding diaryl/α,β-unsaturated/α-hetero) is 2. The molecule has 1 heterocycles. The number of furan rings is 1. The Balaban J connectivity index is 2.65. The molecule has 0 atom stereocenters. The number of methoxy groups -OCH3 is 1. The fourth-order valence-electron chi connectivity index (χ4n) is 1.45. The van der Waals surface area contributed by atoms with Crippen molar-refractivity contribution in [1.29, 1.82) is 0 Å². The van der Waals surface area contributed by atoms with Crippen LogP contribution in [0.3, 0.4) is 0 Å². The average molecular weight is 192 g/mol. The van der Waals surface area contributed by atoms with Crippen molar-refractivity contribution in [2.24, 2.45) is 0 Å². The van der Waals surface area contributed by atoms with Crippen LogP contribution in [0.5, 0.6) is 0 Å². The van der Waals surface area contributed by atoms with Crippen LogP contribution in [-0.2, 0) is 9.53 Å². The minimum Gasteiger partial charge on any atom is -0.492 e. The quantitative estimate of drug-likeness (QED) is 0.630. The van der Waals surface area contributed by atoms with Crippen molar-refractivity contribution in [3.63, 3.8) is 0 Å². The van der Waals surface area contributed by atoms with Crippen LogP contribution in [0.1, 0.15) is 21.7 Å². The minimum absolute atomic E-state index is 0.0586. The predicted molar refractivity (Wildman–Crippen MR) is 47.8 cm³/mol. The molecule has 0 unspecified atom stereocenters. The lowest BCUT2D eigenvalue weighted by Gasteiger charge is -2.09. The molecular formula is C10H8O4. The highest BCUT2D eigenvalue weighted by atomic mass is 16.5. The first-order chi connectivity index (χ1) is 6.65. The van der Waals surface area contributed by atoms with Crippen molar-refractivity contribution in [3.8, 4) is 0 Å². The molecule has 0 radical (unpaired) electrons. The van der Waals surface area contributed by atoms with E-state index in [2.05, 4.69) is 0 Å². The smallest absolute Gasteiger partial charge is 0.268 e. The highest BCUT2D eigenvalue weighted by Gasteiger charge is 2.31. The molecule has 0 bridgehead atoms. The zero-order chi connectivity index (χ0) is 10.3. The fourth-order valence-corrected chi connectivity index (χ4v) is 1.45. The molecule has 0 N–H and O–H groups in total. The summed E-state index contributed by atoms with van der Waals surface area (Å²) in [5.41, 5.74) is 0.944. The maximum Gasteiger partial charge on any atom is 0.268 e. The lowest BCUT2D eigenvalue weighted by molar-refractivity contribution is -0.114. The SMILES string of the molecule is COC1=Cc2coc(C)c2C(=O)C1=O. The normalized spacial score (nSPS) is 15.1. The van der Waals surface area contributed by atoms with Crippen LogP contribution in [0.4, 0.5) is 0 Å². The lowest BCUT2D eigenvalue weighted by atomic mass is 9.96. The number of carbonyl (C=O) groups excluding carboxylic acids is 2. The first-order valence-corrected chi connectivity index (χ1v) is 4.08. The van der Waals surface area contributed by atoms with Crippen molar-refractivity contribution >= 4 is 17.6 Å². The summed E-state index contributed by atoms with van der Waals surface area (Å²) in [6.45, 7) is 1.65. The molecule has 0 saturated heterocycles. The van der Waals surface area contributed by atoms with Crippen molar-refractivity contribution in [2.75, 3.05) is 7.11 Å². The Morgan fingerprint density at radius 1 is 1.29 bits per heavy atom. The zero-order valence-electron chi connectivity index (χ0n) is 7.79. The summed E-state index contributed by atoms with van der Waals surface area (Å²) in [6, 6.07) is 0. The maximum atomic E-state index is 11.5. The topological polar surface area (TPSA) is 56.5 Å². The fraction of sp³-hybridized carbons (Fsp3) is 0.200. The first-order valence-electron chi connectivity index (χ1n) is 4.08. The number of ketones is 2.